The molecular weight excluding hydrogens is 216 g/mol. The maximum Gasteiger partial charge on any atom is 0.234 e. The van der Waals surface area contributed by atoms with E-state index in [1.807, 2.05) is 31.2 Å². The van der Waals surface area contributed by atoms with Crippen LogP contribution in [0, 0.1) is 0 Å². The lowest BCUT2D eigenvalue weighted by Gasteiger charge is -2.21. The van der Waals surface area contributed by atoms with E-state index < -0.39 is 0 Å². The van der Waals surface area contributed by atoms with Crippen LogP contribution in [0.2, 0.25) is 0 Å². The van der Waals surface area contributed by atoms with Crippen LogP contribution in [0.15, 0.2) is 24.3 Å². The maximum absolute atomic E-state index is 11.7. The second kappa shape index (κ2) is 4.99. The monoisotopic (exact) mass is 232 g/mol. The number of imide groups is 1. The second-order valence-corrected chi connectivity index (χ2v) is 4.16. The molecule has 1 aromatic rings. The van der Waals surface area contributed by atoms with Crippen LogP contribution in [0.5, 0.6) is 0 Å². The topological polar surface area (TPSA) is 58.2 Å². The molecule has 4 heteroatoms. The lowest BCUT2D eigenvalue weighted by Crippen LogP contribution is -2.39. The maximum atomic E-state index is 11.7. The van der Waals surface area contributed by atoms with Crippen LogP contribution < -0.4 is 10.6 Å². The van der Waals surface area contributed by atoms with E-state index in [1.54, 1.807) is 0 Å². The van der Waals surface area contributed by atoms with Crippen LogP contribution >= 0.6 is 0 Å². The van der Waals surface area contributed by atoms with Gasteiger partial charge >= 0.3 is 0 Å². The van der Waals surface area contributed by atoms with E-state index in [0.717, 1.165) is 17.8 Å². The summed E-state index contributed by atoms with van der Waals surface area (Å²) in [6.45, 7) is 2.91. The minimum Gasteiger partial charge on any atom is -0.385 e. The molecule has 0 saturated carbocycles. The Hall–Kier alpha value is -1.84. The predicted molar refractivity (Wildman–Crippen MR) is 65.7 cm³/mol. The van der Waals surface area contributed by atoms with Gasteiger partial charge in [0.25, 0.3) is 0 Å². The van der Waals surface area contributed by atoms with Gasteiger partial charge in [0, 0.05) is 18.7 Å². The largest absolute Gasteiger partial charge is 0.385 e. The Morgan fingerprint density at radius 1 is 1.29 bits per heavy atom. The quantitative estimate of drug-likeness (QED) is 0.779. The molecule has 0 aliphatic carbocycles. The van der Waals surface area contributed by atoms with Crippen molar-refractivity contribution in [1.82, 2.24) is 5.32 Å². The van der Waals surface area contributed by atoms with Gasteiger partial charge in [0.1, 0.15) is 0 Å². The van der Waals surface area contributed by atoms with Crippen molar-refractivity contribution in [3.05, 3.63) is 29.8 Å². The number of carbonyl (C=O) groups is 2. The summed E-state index contributed by atoms with van der Waals surface area (Å²) in [4.78, 5) is 22.7. The molecule has 1 aliphatic heterocycles. The lowest BCUT2D eigenvalue weighted by molar-refractivity contribution is -0.134. The van der Waals surface area contributed by atoms with Crippen molar-refractivity contribution < 1.29 is 9.59 Å². The van der Waals surface area contributed by atoms with Crippen LogP contribution in [-0.2, 0) is 9.59 Å². The smallest absolute Gasteiger partial charge is 0.234 e. The minimum absolute atomic E-state index is 0.171. The number of hydrogen-bond donors (Lipinski definition) is 2. The highest BCUT2D eigenvalue weighted by molar-refractivity contribution is 6.00. The number of rotatable bonds is 3. The minimum atomic E-state index is -0.191. The molecule has 17 heavy (non-hydrogen) atoms. The summed E-state index contributed by atoms with van der Waals surface area (Å²) in [5.41, 5.74) is 2.01. The van der Waals surface area contributed by atoms with Crippen LogP contribution in [0.1, 0.15) is 31.2 Å². The highest BCUT2D eigenvalue weighted by Crippen LogP contribution is 2.25. The Kier molecular flexibility index (Phi) is 3.42. The number of benzene rings is 1. The standard InChI is InChI=1S/C13H16N2O2/c1-2-14-10-5-3-9(4-6-10)11-7-8-12(16)15-13(11)17/h3-6,11,14H,2,7-8H2,1H3,(H,15,16,17). The number of amides is 2. The summed E-state index contributed by atoms with van der Waals surface area (Å²) in [5, 5.41) is 5.58. The van der Waals surface area contributed by atoms with Gasteiger partial charge in [-0.05, 0) is 31.0 Å². The van der Waals surface area contributed by atoms with Crippen molar-refractivity contribution in [3.63, 3.8) is 0 Å². The molecule has 0 bridgehead atoms. The van der Waals surface area contributed by atoms with E-state index in [-0.39, 0.29) is 17.7 Å². The number of piperidine rings is 1. The van der Waals surface area contributed by atoms with Gasteiger partial charge in [0.15, 0.2) is 0 Å². The molecule has 0 aromatic heterocycles. The summed E-state index contributed by atoms with van der Waals surface area (Å²) in [5.74, 6) is -0.545. The molecule has 2 amide bonds. The van der Waals surface area contributed by atoms with Crippen molar-refractivity contribution in [1.29, 1.82) is 0 Å². The van der Waals surface area contributed by atoms with Crippen molar-refractivity contribution in [2.45, 2.75) is 25.7 Å². The van der Waals surface area contributed by atoms with Crippen LogP contribution in [0.4, 0.5) is 5.69 Å². The highest BCUT2D eigenvalue weighted by Gasteiger charge is 2.27. The average molecular weight is 232 g/mol. The molecule has 1 aromatic carbocycles. The molecule has 2 N–H and O–H groups in total. The first-order chi connectivity index (χ1) is 8.20. The molecule has 1 fully saturated rings. The lowest BCUT2D eigenvalue weighted by atomic mass is 9.90. The first-order valence-electron chi connectivity index (χ1n) is 5.88. The van der Waals surface area contributed by atoms with Gasteiger partial charge in [0.2, 0.25) is 11.8 Å². The van der Waals surface area contributed by atoms with Gasteiger partial charge < -0.3 is 5.32 Å². The van der Waals surface area contributed by atoms with Gasteiger partial charge in [0.05, 0.1) is 5.92 Å². The third-order valence-corrected chi connectivity index (χ3v) is 2.93. The molecular formula is C13H16N2O2. The Balaban J connectivity index is 2.11. The molecule has 0 radical (unpaired) electrons. The highest BCUT2D eigenvalue weighted by atomic mass is 16.2. The summed E-state index contributed by atoms with van der Waals surface area (Å²) in [6.07, 6.45) is 1.02. The number of nitrogens with one attached hydrogen (secondary N) is 2. The van der Waals surface area contributed by atoms with E-state index in [1.165, 1.54) is 0 Å². The molecule has 0 spiro atoms. The summed E-state index contributed by atoms with van der Waals surface area (Å²) in [7, 11) is 0. The second-order valence-electron chi connectivity index (χ2n) is 4.16. The summed E-state index contributed by atoms with van der Waals surface area (Å²) in [6, 6.07) is 7.81. The fourth-order valence-electron chi connectivity index (χ4n) is 2.05. The van der Waals surface area contributed by atoms with E-state index in [9.17, 15) is 9.59 Å². The molecule has 1 heterocycles. The van der Waals surface area contributed by atoms with Crippen molar-refractivity contribution in [2.75, 3.05) is 11.9 Å². The normalized spacial score (nSPS) is 19.9. The van der Waals surface area contributed by atoms with Crippen LogP contribution in [0.3, 0.4) is 0 Å². The van der Waals surface area contributed by atoms with Gasteiger partial charge in [-0.3, -0.25) is 14.9 Å². The van der Waals surface area contributed by atoms with E-state index in [0.29, 0.717) is 12.8 Å². The number of anilines is 1. The molecule has 1 aliphatic rings. The van der Waals surface area contributed by atoms with E-state index >= 15 is 0 Å². The molecule has 1 saturated heterocycles. The third-order valence-electron chi connectivity index (χ3n) is 2.93. The van der Waals surface area contributed by atoms with E-state index in [2.05, 4.69) is 10.6 Å². The molecule has 90 valence electrons. The van der Waals surface area contributed by atoms with Crippen molar-refractivity contribution >= 4 is 17.5 Å². The van der Waals surface area contributed by atoms with Crippen LogP contribution in [-0.4, -0.2) is 18.4 Å². The van der Waals surface area contributed by atoms with Gasteiger partial charge in [-0.1, -0.05) is 12.1 Å². The fourth-order valence-corrected chi connectivity index (χ4v) is 2.05. The third kappa shape index (κ3) is 2.64. The first-order valence-corrected chi connectivity index (χ1v) is 5.88. The zero-order valence-corrected chi connectivity index (χ0v) is 9.82. The SMILES string of the molecule is CCNc1ccc(C2CCC(=O)NC2=O)cc1. The number of hydrogen-bond acceptors (Lipinski definition) is 3. The Labute approximate surface area is 100 Å². The summed E-state index contributed by atoms with van der Waals surface area (Å²) >= 11 is 0. The molecule has 1 atom stereocenters. The molecule has 4 nitrogen and oxygen atoms in total. The Morgan fingerprint density at radius 3 is 2.59 bits per heavy atom. The van der Waals surface area contributed by atoms with Gasteiger partial charge in [-0.25, -0.2) is 0 Å². The van der Waals surface area contributed by atoms with Gasteiger partial charge in [-0.2, -0.15) is 0 Å². The Bertz CT molecular complexity index is 426. The molecule has 2 rings (SSSR count). The average Bonchev–Trinajstić information content (AvgIpc) is 2.31. The van der Waals surface area contributed by atoms with Crippen molar-refractivity contribution in [2.24, 2.45) is 0 Å². The number of carbonyl (C=O) groups excluding carboxylic acids is 2. The van der Waals surface area contributed by atoms with Crippen molar-refractivity contribution in [3.8, 4) is 0 Å². The Morgan fingerprint density at radius 2 is 2.00 bits per heavy atom. The van der Waals surface area contributed by atoms with Crippen LogP contribution in [0.25, 0.3) is 0 Å². The van der Waals surface area contributed by atoms with E-state index in [4.69, 9.17) is 0 Å². The zero-order valence-electron chi connectivity index (χ0n) is 9.82. The summed E-state index contributed by atoms with van der Waals surface area (Å²) < 4.78 is 0. The molecule has 1 unspecified atom stereocenters. The van der Waals surface area contributed by atoms with Gasteiger partial charge in [-0.15, -0.1) is 0 Å². The predicted octanol–water partition coefficient (Wildman–Crippen LogP) is 1.64. The fraction of sp³-hybridized carbons (Fsp3) is 0.385. The zero-order chi connectivity index (χ0) is 12.3. The first kappa shape index (κ1) is 11.6.